The van der Waals surface area contributed by atoms with Crippen LogP contribution in [-0.2, 0) is 7.05 Å². The van der Waals surface area contributed by atoms with Gasteiger partial charge in [0, 0.05) is 39.2 Å². The molecule has 3 heterocycles. The van der Waals surface area contributed by atoms with E-state index in [1.807, 2.05) is 61.8 Å². The Morgan fingerprint density at radius 3 is 2.25 bits per heavy atom. The summed E-state index contributed by atoms with van der Waals surface area (Å²) in [6.07, 6.45) is 2.04. The van der Waals surface area contributed by atoms with Crippen molar-refractivity contribution in [2.24, 2.45) is 7.05 Å². The number of furan rings is 2. The monoisotopic (exact) mass is 465 g/mol. The number of aromatic nitrogens is 1. The second-order valence-electron chi connectivity index (χ2n) is 9.22. The van der Waals surface area contributed by atoms with Crippen molar-refractivity contribution in [2.45, 2.75) is 6.92 Å². The van der Waals surface area contributed by atoms with E-state index >= 15 is 0 Å². The van der Waals surface area contributed by atoms with Crippen LogP contribution in [0.25, 0.3) is 66.3 Å². The molecule has 0 aliphatic heterocycles. The number of pyridine rings is 1. The third kappa shape index (κ3) is 2.84. The second kappa shape index (κ2) is 7.56. The van der Waals surface area contributed by atoms with Crippen LogP contribution in [0.1, 0.15) is 11.1 Å². The van der Waals surface area contributed by atoms with Crippen LogP contribution in [-0.4, -0.2) is 0 Å². The number of aryl methyl sites for hydroxylation is 2. The van der Waals surface area contributed by atoms with E-state index < -0.39 is 0 Å². The first-order valence-electron chi connectivity index (χ1n) is 11.9. The van der Waals surface area contributed by atoms with E-state index in [9.17, 15) is 5.26 Å². The van der Waals surface area contributed by atoms with Crippen LogP contribution < -0.4 is 4.57 Å². The normalized spacial score (nSPS) is 11.6. The quantitative estimate of drug-likeness (QED) is 0.245. The SMILES string of the molecule is Cc1ccc2c(oc3c(-c4ccc5c(c4)oc4ccccc45)c(C#N)ccc32)c1-c1cccc[n+]1C. The van der Waals surface area contributed by atoms with E-state index in [-0.39, 0.29) is 0 Å². The molecule has 3 aromatic heterocycles. The Balaban J connectivity index is 1.56. The number of benzene rings is 4. The molecule has 170 valence electrons. The maximum Gasteiger partial charge on any atom is 0.216 e. The summed E-state index contributed by atoms with van der Waals surface area (Å²) >= 11 is 0. The summed E-state index contributed by atoms with van der Waals surface area (Å²) in [6, 6.07) is 30.8. The lowest BCUT2D eigenvalue weighted by Crippen LogP contribution is -2.30. The van der Waals surface area contributed by atoms with Crippen molar-refractivity contribution in [3.8, 4) is 28.5 Å². The molecular formula is C32H21N2O2+. The van der Waals surface area contributed by atoms with E-state index in [4.69, 9.17) is 8.83 Å². The van der Waals surface area contributed by atoms with Crippen LogP contribution in [0.3, 0.4) is 0 Å². The summed E-state index contributed by atoms with van der Waals surface area (Å²) < 4.78 is 14.9. The third-order valence-corrected chi connectivity index (χ3v) is 7.12. The number of hydrogen-bond acceptors (Lipinski definition) is 3. The topological polar surface area (TPSA) is 54.0 Å². The number of nitrogens with zero attached hydrogens (tertiary/aromatic N) is 2. The minimum Gasteiger partial charge on any atom is -0.456 e. The molecule has 4 nitrogen and oxygen atoms in total. The third-order valence-electron chi connectivity index (χ3n) is 7.12. The first-order valence-corrected chi connectivity index (χ1v) is 11.9. The zero-order valence-corrected chi connectivity index (χ0v) is 19.9. The Morgan fingerprint density at radius 1 is 0.694 bits per heavy atom. The van der Waals surface area contributed by atoms with E-state index in [0.29, 0.717) is 11.1 Å². The summed E-state index contributed by atoms with van der Waals surface area (Å²) in [7, 11) is 2.04. The van der Waals surface area contributed by atoms with E-state index in [0.717, 1.165) is 66.2 Å². The molecule has 0 saturated heterocycles. The molecule has 0 atom stereocenters. The van der Waals surface area contributed by atoms with Gasteiger partial charge in [-0.15, -0.1) is 0 Å². The Morgan fingerprint density at radius 2 is 1.42 bits per heavy atom. The molecule has 36 heavy (non-hydrogen) atoms. The van der Waals surface area contributed by atoms with Gasteiger partial charge in [0.15, 0.2) is 6.20 Å². The highest BCUT2D eigenvalue weighted by Gasteiger charge is 2.23. The van der Waals surface area contributed by atoms with E-state index in [2.05, 4.69) is 54.0 Å². The lowest BCUT2D eigenvalue weighted by molar-refractivity contribution is -0.660. The Labute approximate surface area is 207 Å². The molecule has 4 heteroatoms. The van der Waals surface area contributed by atoms with Crippen molar-refractivity contribution in [1.29, 1.82) is 5.26 Å². The van der Waals surface area contributed by atoms with Crippen LogP contribution in [0, 0.1) is 18.3 Å². The molecule has 7 rings (SSSR count). The van der Waals surface area contributed by atoms with E-state index in [1.165, 1.54) is 0 Å². The maximum absolute atomic E-state index is 10.0. The standard InChI is InChI=1S/C32H21N2O2/c1-19-10-13-24-25-15-12-21(18-33)30(32(25)36-31(24)29(19)26-8-5-6-16-34(26)2)20-11-14-23-22-7-3-4-9-27(22)35-28(23)17-20/h3-17H,1-2H3/q+1. The largest absolute Gasteiger partial charge is 0.456 e. The van der Waals surface area contributed by atoms with Gasteiger partial charge in [-0.3, -0.25) is 0 Å². The van der Waals surface area contributed by atoms with Crippen LogP contribution in [0.2, 0.25) is 0 Å². The molecule has 7 aromatic rings. The van der Waals surface area contributed by atoms with Crippen LogP contribution in [0.4, 0.5) is 0 Å². The first kappa shape index (κ1) is 20.5. The fourth-order valence-corrected chi connectivity index (χ4v) is 5.36. The van der Waals surface area contributed by atoms with Gasteiger partial charge in [-0.05, 0) is 54.4 Å². The molecule has 0 unspecified atom stereocenters. The highest BCUT2D eigenvalue weighted by Crippen LogP contribution is 2.42. The van der Waals surface area contributed by atoms with Gasteiger partial charge in [0.25, 0.3) is 0 Å². The molecule has 0 bridgehead atoms. The van der Waals surface area contributed by atoms with Gasteiger partial charge in [-0.2, -0.15) is 5.26 Å². The molecule has 0 aliphatic rings. The van der Waals surface area contributed by atoms with Gasteiger partial charge in [0.05, 0.1) is 17.2 Å². The predicted molar refractivity (Wildman–Crippen MR) is 142 cm³/mol. The van der Waals surface area contributed by atoms with Gasteiger partial charge < -0.3 is 8.83 Å². The van der Waals surface area contributed by atoms with Crippen molar-refractivity contribution in [1.82, 2.24) is 0 Å². The lowest BCUT2D eigenvalue weighted by atomic mass is 9.95. The Kier molecular flexibility index (Phi) is 4.30. The number of hydrogen-bond donors (Lipinski definition) is 0. The molecule has 0 N–H and O–H groups in total. The summed E-state index contributed by atoms with van der Waals surface area (Å²) in [5.74, 6) is 0. The second-order valence-corrected chi connectivity index (χ2v) is 9.22. The fraction of sp³-hybridized carbons (Fsp3) is 0.0625. The van der Waals surface area contributed by atoms with Gasteiger partial charge in [0.2, 0.25) is 5.69 Å². The molecule has 0 amide bonds. The minimum atomic E-state index is 0.570. The molecule has 0 radical (unpaired) electrons. The summed E-state index contributed by atoms with van der Waals surface area (Å²) in [6.45, 7) is 2.10. The smallest absolute Gasteiger partial charge is 0.216 e. The summed E-state index contributed by atoms with van der Waals surface area (Å²) in [5.41, 5.74) is 8.70. The average Bonchev–Trinajstić information content (AvgIpc) is 3.46. The van der Waals surface area contributed by atoms with Crippen LogP contribution >= 0.6 is 0 Å². The van der Waals surface area contributed by atoms with Crippen molar-refractivity contribution < 1.29 is 13.4 Å². The minimum absolute atomic E-state index is 0.570. The van der Waals surface area contributed by atoms with E-state index in [1.54, 1.807) is 0 Å². The number of para-hydroxylation sites is 1. The van der Waals surface area contributed by atoms with Crippen LogP contribution in [0.15, 0.2) is 100.0 Å². The van der Waals surface area contributed by atoms with Crippen molar-refractivity contribution in [3.63, 3.8) is 0 Å². The van der Waals surface area contributed by atoms with Gasteiger partial charge in [-0.1, -0.05) is 36.4 Å². The summed E-state index contributed by atoms with van der Waals surface area (Å²) in [5, 5.41) is 14.2. The number of nitriles is 1. The zero-order chi connectivity index (χ0) is 24.4. The number of fused-ring (bicyclic) bond motifs is 6. The Bertz CT molecular complexity index is 2040. The first-order chi connectivity index (χ1) is 17.6. The molecule has 4 aromatic carbocycles. The van der Waals surface area contributed by atoms with Gasteiger partial charge in [-0.25, -0.2) is 4.57 Å². The molecule has 0 fully saturated rings. The maximum atomic E-state index is 10.0. The predicted octanol–water partition coefficient (Wildman–Crippen LogP) is 7.82. The highest BCUT2D eigenvalue weighted by molar-refractivity contribution is 6.14. The lowest BCUT2D eigenvalue weighted by Gasteiger charge is -2.06. The highest BCUT2D eigenvalue weighted by atomic mass is 16.3. The van der Waals surface area contributed by atoms with Crippen molar-refractivity contribution >= 4 is 43.9 Å². The molecule has 0 aliphatic carbocycles. The van der Waals surface area contributed by atoms with Crippen molar-refractivity contribution in [3.05, 3.63) is 102 Å². The summed E-state index contributed by atoms with van der Waals surface area (Å²) in [4.78, 5) is 0. The van der Waals surface area contributed by atoms with Gasteiger partial charge in [0.1, 0.15) is 29.4 Å². The zero-order valence-electron chi connectivity index (χ0n) is 19.9. The molecule has 0 spiro atoms. The molecule has 0 saturated carbocycles. The number of rotatable bonds is 2. The van der Waals surface area contributed by atoms with Crippen molar-refractivity contribution in [2.75, 3.05) is 0 Å². The van der Waals surface area contributed by atoms with Crippen LogP contribution in [0.5, 0.6) is 0 Å². The fourth-order valence-electron chi connectivity index (χ4n) is 5.36. The molecular weight excluding hydrogens is 444 g/mol. The average molecular weight is 466 g/mol. The van der Waals surface area contributed by atoms with Gasteiger partial charge >= 0.3 is 0 Å². The Hall–Kier alpha value is -4.88.